The van der Waals surface area contributed by atoms with Gasteiger partial charge in [-0.1, -0.05) is 50.2 Å². The molecule has 7 heteroatoms. The van der Waals surface area contributed by atoms with Gasteiger partial charge in [-0.25, -0.2) is 9.59 Å². The first kappa shape index (κ1) is 23.6. The van der Waals surface area contributed by atoms with E-state index in [1.807, 2.05) is 70.2 Å². The Hall–Kier alpha value is -3.06. The minimum atomic E-state index is -0.910. The van der Waals surface area contributed by atoms with Gasteiger partial charge in [0.2, 0.25) is 0 Å². The van der Waals surface area contributed by atoms with Gasteiger partial charge in [0.05, 0.1) is 11.2 Å². The van der Waals surface area contributed by atoms with Crippen molar-refractivity contribution in [2.75, 3.05) is 16.8 Å². The number of carbonyl (C=O) groups is 2. The van der Waals surface area contributed by atoms with Gasteiger partial charge >= 0.3 is 12.1 Å². The number of nitrogens with zero attached hydrogens (tertiary/aromatic N) is 3. The van der Waals surface area contributed by atoms with Crippen LogP contribution in [0.5, 0.6) is 0 Å². The van der Waals surface area contributed by atoms with E-state index in [4.69, 9.17) is 0 Å². The number of aryl methyl sites for hydroxylation is 2. The van der Waals surface area contributed by atoms with Crippen LogP contribution in [-0.4, -0.2) is 45.5 Å². The average Bonchev–Trinajstić information content (AvgIpc) is 2.92. The SMILES string of the molecule is Cc1ccccc1NC(=O)N(O)C1N(c2ccccc2C)C(=O)N(CCC(C)C)C1(C)C. The summed E-state index contributed by atoms with van der Waals surface area (Å²) in [4.78, 5) is 30.0. The summed E-state index contributed by atoms with van der Waals surface area (Å²) in [6.45, 7) is 12.3. The monoisotopic (exact) mass is 438 g/mol. The lowest BCUT2D eigenvalue weighted by molar-refractivity contribution is -0.0950. The number of hydroxylamine groups is 2. The summed E-state index contributed by atoms with van der Waals surface area (Å²) in [5.74, 6) is 0.416. The second-order valence-corrected chi connectivity index (χ2v) is 9.39. The predicted octanol–water partition coefficient (Wildman–Crippen LogP) is 5.62. The molecule has 1 fully saturated rings. The van der Waals surface area contributed by atoms with Crippen molar-refractivity contribution in [3.63, 3.8) is 0 Å². The smallest absolute Gasteiger partial charge is 0.315 e. The van der Waals surface area contributed by atoms with Gasteiger partial charge in [0.25, 0.3) is 0 Å². The Balaban J connectivity index is 2.00. The van der Waals surface area contributed by atoms with E-state index in [-0.39, 0.29) is 6.03 Å². The third-order valence-electron chi connectivity index (χ3n) is 6.14. The van der Waals surface area contributed by atoms with Crippen molar-refractivity contribution < 1.29 is 14.8 Å². The Kier molecular flexibility index (Phi) is 6.79. The third kappa shape index (κ3) is 4.43. The van der Waals surface area contributed by atoms with Crippen molar-refractivity contribution in [3.05, 3.63) is 59.7 Å². The zero-order chi connectivity index (χ0) is 23.6. The number of carbonyl (C=O) groups excluding carboxylic acids is 2. The van der Waals surface area contributed by atoms with Crippen molar-refractivity contribution in [2.45, 2.75) is 59.7 Å². The molecular formula is C25H34N4O3. The number of hydrogen-bond donors (Lipinski definition) is 2. The number of rotatable bonds is 6. The van der Waals surface area contributed by atoms with Crippen LogP contribution in [0.2, 0.25) is 0 Å². The van der Waals surface area contributed by atoms with Gasteiger partial charge in [-0.2, -0.15) is 5.06 Å². The first-order valence-electron chi connectivity index (χ1n) is 11.1. The Morgan fingerprint density at radius 1 is 1.09 bits per heavy atom. The van der Waals surface area contributed by atoms with Crippen molar-refractivity contribution in [3.8, 4) is 0 Å². The Bertz CT molecular complexity index is 989. The van der Waals surface area contributed by atoms with Crippen LogP contribution in [0.3, 0.4) is 0 Å². The lowest BCUT2D eigenvalue weighted by Gasteiger charge is -2.38. The molecule has 1 saturated heterocycles. The summed E-state index contributed by atoms with van der Waals surface area (Å²) >= 11 is 0. The molecule has 0 saturated carbocycles. The molecule has 2 N–H and O–H groups in total. The van der Waals surface area contributed by atoms with Crippen LogP contribution >= 0.6 is 0 Å². The standard InChI is InChI=1S/C25H34N4O3/c1-17(2)15-16-27-24(31)28(21-14-10-8-12-19(21)4)22(25(27,5)6)29(32)23(30)26-20-13-9-7-11-18(20)3/h7-14,17,22,32H,15-16H2,1-6H3,(H,26,30). The molecule has 4 amide bonds. The molecule has 0 radical (unpaired) electrons. The quantitative estimate of drug-likeness (QED) is 0.454. The molecule has 0 aromatic heterocycles. The fourth-order valence-corrected chi connectivity index (χ4v) is 4.18. The summed E-state index contributed by atoms with van der Waals surface area (Å²) in [5, 5.41) is 14.6. The van der Waals surface area contributed by atoms with Crippen molar-refractivity contribution in [1.82, 2.24) is 9.96 Å². The number of anilines is 2. The van der Waals surface area contributed by atoms with Gasteiger partial charge in [0, 0.05) is 12.2 Å². The number of urea groups is 2. The largest absolute Gasteiger partial charge is 0.347 e. The van der Waals surface area contributed by atoms with Gasteiger partial charge < -0.3 is 10.2 Å². The molecule has 1 heterocycles. The minimum Gasteiger partial charge on any atom is -0.315 e. The highest BCUT2D eigenvalue weighted by molar-refractivity contribution is 5.98. The van der Waals surface area contributed by atoms with E-state index in [2.05, 4.69) is 19.2 Å². The maximum atomic E-state index is 13.6. The van der Waals surface area contributed by atoms with Crippen LogP contribution in [0, 0.1) is 19.8 Å². The lowest BCUT2D eigenvalue weighted by Crippen LogP contribution is -2.58. The van der Waals surface area contributed by atoms with Gasteiger partial charge in [-0.05, 0) is 63.3 Å². The highest BCUT2D eigenvalue weighted by Gasteiger charge is 2.56. The molecule has 2 aromatic rings. The highest BCUT2D eigenvalue weighted by Crippen LogP contribution is 2.39. The number of amides is 4. The molecule has 7 nitrogen and oxygen atoms in total. The predicted molar refractivity (Wildman–Crippen MR) is 127 cm³/mol. The maximum absolute atomic E-state index is 13.6. The summed E-state index contributed by atoms with van der Waals surface area (Å²) in [5.41, 5.74) is 2.22. The van der Waals surface area contributed by atoms with Crippen molar-refractivity contribution in [2.24, 2.45) is 5.92 Å². The normalized spacial score (nSPS) is 17.8. The fourth-order valence-electron chi connectivity index (χ4n) is 4.18. The van der Waals surface area contributed by atoms with Gasteiger partial charge in [0.1, 0.15) is 0 Å². The van der Waals surface area contributed by atoms with Crippen molar-refractivity contribution in [1.29, 1.82) is 0 Å². The van der Waals surface area contributed by atoms with E-state index in [1.165, 1.54) is 4.90 Å². The first-order chi connectivity index (χ1) is 15.1. The van der Waals surface area contributed by atoms with Crippen LogP contribution in [0.1, 0.15) is 45.2 Å². The van der Waals surface area contributed by atoms with Crippen LogP contribution in [0.25, 0.3) is 0 Å². The number of benzene rings is 2. The molecule has 1 unspecified atom stereocenters. The molecule has 1 aliphatic heterocycles. The number of hydrogen-bond acceptors (Lipinski definition) is 3. The topological polar surface area (TPSA) is 76.1 Å². The summed E-state index contributed by atoms with van der Waals surface area (Å²) in [6.07, 6.45) is -0.0862. The van der Waals surface area contributed by atoms with E-state index >= 15 is 0 Å². The third-order valence-corrected chi connectivity index (χ3v) is 6.14. The first-order valence-corrected chi connectivity index (χ1v) is 11.1. The summed E-state index contributed by atoms with van der Waals surface area (Å²) in [6, 6.07) is 14.0. The molecular weight excluding hydrogens is 404 g/mol. The number of para-hydroxylation sites is 2. The Labute approximate surface area is 190 Å². The van der Waals surface area contributed by atoms with Gasteiger partial charge in [0.15, 0.2) is 6.17 Å². The molecule has 3 rings (SSSR count). The molecule has 1 aliphatic rings. The Morgan fingerprint density at radius 3 is 2.28 bits per heavy atom. The molecule has 32 heavy (non-hydrogen) atoms. The molecule has 172 valence electrons. The van der Waals surface area contributed by atoms with Crippen LogP contribution < -0.4 is 10.2 Å². The summed E-state index contributed by atoms with van der Waals surface area (Å²) in [7, 11) is 0. The molecule has 0 spiro atoms. The Morgan fingerprint density at radius 2 is 1.69 bits per heavy atom. The van der Waals surface area contributed by atoms with E-state index in [1.54, 1.807) is 11.0 Å². The maximum Gasteiger partial charge on any atom is 0.347 e. The van der Waals surface area contributed by atoms with Crippen LogP contribution in [0.15, 0.2) is 48.5 Å². The lowest BCUT2D eigenvalue weighted by atomic mass is 9.98. The van der Waals surface area contributed by atoms with Gasteiger partial charge in [-0.15, -0.1) is 0 Å². The highest BCUT2D eigenvalue weighted by atomic mass is 16.5. The molecule has 0 aliphatic carbocycles. The van der Waals surface area contributed by atoms with Crippen LogP contribution in [0.4, 0.5) is 21.0 Å². The zero-order valence-corrected chi connectivity index (χ0v) is 19.8. The second-order valence-electron chi connectivity index (χ2n) is 9.39. The summed E-state index contributed by atoms with van der Waals surface area (Å²) < 4.78 is 0. The average molecular weight is 439 g/mol. The molecule has 1 atom stereocenters. The second kappa shape index (κ2) is 9.20. The molecule has 0 bridgehead atoms. The molecule has 2 aromatic carbocycles. The van der Waals surface area contributed by atoms with Gasteiger partial charge in [-0.3, -0.25) is 10.1 Å². The van der Waals surface area contributed by atoms with E-state index < -0.39 is 17.7 Å². The van der Waals surface area contributed by atoms with E-state index in [9.17, 15) is 14.8 Å². The van der Waals surface area contributed by atoms with Crippen molar-refractivity contribution >= 4 is 23.4 Å². The fraction of sp³-hybridized carbons (Fsp3) is 0.440. The van der Waals surface area contributed by atoms with E-state index in [0.29, 0.717) is 28.9 Å². The minimum absolute atomic E-state index is 0.224. The number of nitrogens with one attached hydrogen (secondary N) is 1. The zero-order valence-electron chi connectivity index (χ0n) is 19.8. The van der Waals surface area contributed by atoms with E-state index in [0.717, 1.165) is 17.5 Å². The van der Waals surface area contributed by atoms with Crippen LogP contribution in [-0.2, 0) is 0 Å².